The number of hydrogen-bond acceptors (Lipinski definition) is 10. The highest BCUT2D eigenvalue weighted by Crippen LogP contribution is 2.43. The molecular weight excluding hydrogens is 805 g/mol. The number of alkyl halides is 4. The topological polar surface area (TPSA) is 122 Å². The third-order valence-electron chi connectivity index (χ3n) is 12.4. The highest BCUT2D eigenvalue weighted by molar-refractivity contribution is 7.78. The second kappa shape index (κ2) is 15.2. The van der Waals surface area contributed by atoms with Gasteiger partial charge in [0.2, 0.25) is 0 Å². The molecule has 10 rings (SSSR count). The van der Waals surface area contributed by atoms with Crippen molar-refractivity contribution in [1.82, 2.24) is 29.5 Å². The molecule has 0 spiro atoms. The van der Waals surface area contributed by atoms with Crippen LogP contribution in [0.3, 0.4) is 0 Å². The van der Waals surface area contributed by atoms with Gasteiger partial charge < -0.3 is 23.9 Å². The van der Waals surface area contributed by atoms with Crippen molar-refractivity contribution < 1.29 is 49.0 Å². The van der Waals surface area contributed by atoms with Crippen molar-refractivity contribution in [2.45, 2.75) is 94.2 Å². The highest BCUT2D eigenvalue weighted by Gasteiger charge is 2.49. The van der Waals surface area contributed by atoms with Gasteiger partial charge in [-0.2, -0.15) is 31.7 Å². The highest BCUT2D eigenvalue weighted by atomic mass is 32.2. The number of piperidine rings is 1. The molecule has 6 aliphatic rings. The van der Waals surface area contributed by atoms with Gasteiger partial charge in [-0.05, 0) is 106 Å². The van der Waals surface area contributed by atoms with E-state index in [0.29, 0.717) is 5.39 Å². The lowest BCUT2D eigenvalue weighted by atomic mass is 9.90. The van der Waals surface area contributed by atoms with Gasteiger partial charge in [0.1, 0.15) is 47.4 Å². The normalized spacial score (nSPS) is 25.6. The summed E-state index contributed by atoms with van der Waals surface area (Å²) < 4.78 is 122. The molecule has 4 atom stereocenters. The van der Waals surface area contributed by atoms with Crippen molar-refractivity contribution in [3.8, 4) is 23.0 Å². The van der Waals surface area contributed by atoms with Crippen LogP contribution in [0, 0.1) is 11.6 Å². The first-order chi connectivity index (χ1) is 28.2. The molecule has 0 saturated carbocycles. The van der Waals surface area contributed by atoms with E-state index in [0.717, 1.165) is 43.1 Å². The Morgan fingerprint density at radius 1 is 1.07 bits per heavy atom. The van der Waals surface area contributed by atoms with E-state index in [4.69, 9.17) is 18.6 Å². The summed E-state index contributed by atoms with van der Waals surface area (Å²) in [6.07, 6.45) is -1.71. The van der Waals surface area contributed by atoms with Gasteiger partial charge in [-0.1, -0.05) is 6.07 Å². The van der Waals surface area contributed by atoms with E-state index in [1.165, 1.54) is 30.5 Å². The number of aryl methyl sites for hydroxylation is 1. The van der Waals surface area contributed by atoms with Crippen LogP contribution in [-0.4, -0.2) is 110 Å². The van der Waals surface area contributed by atoms with Gasteiger partial charge in [0.25, 0.3) is 11.3 Å². The van der Waals surface area contributed by atoms with Crippen molar-refractivity contribution in [2.24, 2.45) is 0 Å². The van der Waals surface area contributed by atoms with Crippen LogP contribution >= 0.6 is 0 Å². The zero-order valence-corrected chi connectivity index (χ0v) is 33.1. The van der Waals surface area contributed by atoms with Gasteiger partial charge in [0.15, 0.2) is 5.82 Å². The second-order valence-corrected chi connectivity index (χ2v) is 17.6. The molecule has 6 aliphatic heterocycles. The summed E-state index contributed by atoms with van der Waals surface area (Å²) in [5.41, 5.74) is -1.79. The van der Waals surface area contributed by atoms with E-state index < -0.39 is 52.9 Å². The molecule has 316 valence electrons. The molecule has 4 unspecified atom stereocenters. The molecule has 12 nitrogen and oxygen atoms in total. The number of carbonyl (C=O) groups excluding carboxylic acids is 1. The molecule has 6 bridgehead atoms. The van der Waals surface area contributed by atoms with E-state index in [2.05, 4.69) is 20.2 Å². The van der Waals surface area contributed by atoms with E-state index in [1.807, 2.05) is 0 Å². The molecule has 0 radical (unpaired) electrons. The van der Waals surface area contributed by atoms with Crippen LogP contribution in [0.5, 0.6) is 11.8 Å². The van der Waals surface area contributed by atoms with Gasteiger partial charge in [0, 0.05) is 31.3 Å². The van der Waals surface area contributed by atoms with Crippen molar-refractivity contribution >= 4 is 44.9 Å². The largest absolute Gasteiger partial charge is 0.461 e. The first kappa shape index (κ1) is 39.9. The van der Waals surface area contributed by atoms with E-state index in [1.54, 1.807) is 11.8 Å². The second-order valence-electron chi connectivity index (χ2n) is 16.6. The Hall–Kier alpha value is -4.49. The number of carbonyl (C=O) groups is 1. The predicted octanol–water partition coefficient (Wildman–Crippen LogP) is 7.09. The quantitative estimate of drug-likeness (QED) is 0.201. The van der Waals surface area contributed by atoms with E-state index in [9.17, 15) is 22.2 Å². The third kappa shape index (κ3) is 7.51. The maximum atomic E-state index is 17.5. The number of nitrogens with zero attached hydrogens (tertiary/aromatic N) is 6. The van der Waals surface area contributed by atoms with Gasteiger partial charge in [-0.25, -0.2) is 18.0 Å². The van der Waals surface area contributed by atoms with Crippen LogP contribution in [-0.2, 0) is 22.4 Å². The molecule has 8 heterocycles. The van der Waals surface area contributed by atoms with Gasteiger partial charge in [0.05, 0.1) is 29.6 Å². The number of amides is 1. The summed E-state index contributed by atoms with van der Waals surface area (Å²) in [6.45, 7) is 3.44. The smallest absolute Gasteiger partial charge is 0.407 e. The Kier molecular flexibility index (Phi) is 10.3. The Morgan fingerprint density at radius 2 is 1.86 bits per heavy atom. The minimum absolute atomic E-state index is 0.00645. The molecular formula is C40H43F6N7O5S. The van der Waals surface area contributed by atoms with Crippen molar-refractivity contribution in [1.29, 1.82) is 0 Å². The molecule has 0 aliphatic carbocycles. The summed E-state index contributed by atoms with van der Waals surface area (Å²) in [5.74, 6) is -1.66. The Balaban J connectivity index is 1.21. The van der Waals surface area contributed by atoms with Crippen LogP contribution in [0.2, 0.25) is 0 Å². The molecule has 4 fully saturated rings. The lowest BCUT2D eigenvalue weighted by Gasteiger charge is -2.42. The first-order valence-electron chi connectivity index (χ1n) is 20.0. The fourth-order valence-corrected chi connectivity index (χ4v) is 10.9. The number of anilines is 1. The van der Waals surface area contributed by atoms with Crippen molar-refractivity contribution in [2.75, 3.05) is 50.8 Å². The first-order valence-corrected chi connectivity index (χ1v) is 21.0. The van der Waals surface area contributed by atoms with Crippen LogP contribution in [0.1, 0.15) is 63.9 Å². The minimum atomic E-state index is -4.65. The monoisotopic (exact) mass is 847 g/mol. The van der Waals surface area contributed by atoms with E-state index in [-0.39, 0.29) is 121 Å². The summed E-state index contributed by atoms with van der Waals surface area (Å²) >= 11 is -2.60. The van der Waals surface area contributed by atoms with E-state index >= 15 is 13.2 Å². The molecule has 59 heavy (non-hydrogen) atoms. The van der Waals surface area contributed by atoms with Gasteiger partial charge in [-0.15, -0.1) is 0 Å². The number of ether oxygens (including phenoxy) is 2. The average molecular weight is 848 g/mol. The number of halogens is 6. The van der Waals surface area contributed by atoms with Crippen LogP contribution in [0.15, 0.2) is 30.5 Å². The van der Waals surface area contributed by atoms with Gasteiger partial charge >= 0.3 is 18.3 Å². The summed E-state index contributed by atoms with van der Waals surface area (Å²) in [6, 6.07) is 3.11. The fourth-order valence-electron chi connectivity index (χ4n) is 9.81. The predicted molar refractivity (Wildman–Crippen MR) is 206 cm³/mol. The number of hydrogen-bond donors (Lipinski definition) is 1. The number of benzene rings is 2. The molecule has 1 N–H and O–H groups in total. The molecule has 1 amide bonds. The molecule has 2 aromatic heterocycles. The third-order valence-corrected chi connectivity index (χ3v) is 13.6. The van der Waals surface area contributed by atoms with Crippen LogP contribution in [0.25, 0.3) is 32.9 Å². The average Bonchev–Trinajstić information content (AvgIpc) is 3.93. The lowest BCUT2D eigenvalue weighted by molar-refractivity contribution is -0.165. The van der Waals surface area contributed by atoms with Crippen LogP contribution in [0.4, 0.5) is 37.0 Å². The molecule has 19 heteroatoms. The number of alkyl carbamates (subject to hydrolysis) is 1. The summed E-state index contributed by atoms with van der Waals surface area (Å²) in [4.78, 5) is 30.9. The number of aromatic nitrogens is 3. The fraction of sp³-hybridized carbons (Fsp3) is 0.550. The Bertz CT molecular complexity index is 2330. The summed E-state index contributed by atoms with van der Waals surface area (Å²) in [5, 5.41) is 3.41. The lowest BCUT2D eigenvalue weighted by Crippen LogP contribution is -2.60. The van der Waals surface area contributed by atoms with Crippen LogP contribution < -0.4 is 19.1 Å². The van der Waals surface area contributed by atoms with Crippen molar-refractivity contribution in [3.05, 3.63) is 47.7 Å². The maximum absolute atomic E-state index is 17.5. The van der Waals surface area contributed by atoms with Crippen molar-refractivity contribution in [3.63, 3.8) is 0 Å². The zero-order valence-electron chi connectivity index (χ0n) is 32.3. The Labute approximate surface area is 338 Å². The number of nitrogens with one attached hydrogen (secondary N) is 1. The summed E-state index contributed by atoms with van der Waals surface area (Å²) in [7, 11) is 0. The SMILES string of the molecule is CC12CC(F)CN(C1)c1nc(OCC34CCCN3CCC4)nc3c(F)c(ncc13)-c1cc(OS(=O)N3CCCC3C(F)(F)F)cc3ccc(F)c(c13)CCCOC(=O)N2. The maximum Gasteiger partial charge on any atom is 0.407 e. The standard InChI is InChI=1S/C40H43F6N7O5S/c1-38-18-24(41)20-51(21-38)35-28-19-47-33(32(43)34(28)48-36(49-35)57-22-39-10-4-12-52(39)13-5-11-39)27-17-25(58-59(55)53-14-2-7-30(53)40(44,45)46)16-23-8-9-29(42)26(31(23)27)6-3-15-56-37(54)50-38/h8-9,16-17,19,24,30H,2-7,10-15,18,20-22H2,1H3,(H,50,54). The molecule has 4 saturated heterocycles. The minimum Gasteiger partial charge on any atom is -0.461 e. The Morgan fingerprint density at radius 3 is 2.64 bits per heavy atom. The number of rotatable bonds is 6. The number of fused-ring (bicyclic) bond motifs is 7. The molecule has 2 aromatic carbocycles. The zero-order chi connectivity index (χ0) is 41.3. The molecule has 4 aromatic rings. The number of pyridine rings is 1. The van der Waals surface area contributed by atoms with Gasteiger partial charge in [-0.3, -0.25) is 9.88 Å².